The van der Waals surface area contributed by atoms with Crippen LogP contribution in [0.2, 0.25) is 0 Å². The fourth-order valence-corrected chi connectivity index (χ4v) is 3.03. The van der Waals surface area contributed by atoms with Crippen LogP contribution in [0.3, 0.4) is 0 Å². The minimum absolute atomic E-state index is 0.219. The zero-order valence-electron chi connectivity index (χ0n) is 13.1. The molecule has 0 fully saturated rings. The van der Waals surface area contributed by atoms with E-state index in [-0.39, 0.29) is 11.5 Å². The highest BCUT2D eigenvalue weighted by Crippen LogP contribution is 2.13. The van der Waals surface area contributed by atoms with Crippen LogP contribution in [0.15, 0.2) is 0 Å². The van der Waals surface area contributed by atoms with Gasteiger partial charge in [-0.1, -0.05) is 13.8 Å². The molecule has 0 saturated heterocycles. The van der Waals surface area contributed by atoms with Crippen molar-refractivity contribution in [3.05, 3.63) is 17.0 Å². The summed E-state index contributed by atoms with van der Waals surface area (Å²) in [5, 5.41) is 7.90. The summed E-state index contributed by atoms with van der Waals surface area (Å²) < 4.78 is 24.9. The van der Waals surface area contributed by atoms with Crippen LogP contribution in [-0.2, 0) is 22.9 Å². The van der Waals surface area contributed by atoms with E-state index in [2.05, 4.69) is 24.3 Å². The molecule has 0 unspecified atom stereocenters. The Balaban J connectivity index is 2.61. The number of rotatable bonds is 9. The maximum Gasteiger partial charge on any atom is 0.150 e. The molecule has 20 heavy (non-hydrogen) atoms. The lowest BCUT2D eigenvalue weighted by Crippen LogP contribution is -2.15. The van der Waals surface area contributed by atoms with Gasteiger partial charge in [-0.15, -0.1) is 0 Å². The summed E-state index contributed by atoms with van der Waals surface area (Å²) in [6, 6.07) is 0. The van der Waals surface area contributed by atoms with Crippen LogP contribution in [0.25, 0.3) is 0 Å². The molecule has 0 aliphatic rings. The van der Waals surface area contributed by atoms with Crippen molar-refractivity contribution in [3.63, 3.8) is 0 Å². The molecule has 1 rings (SSSR count). The van der Waals surface area contributed by atoms with Gasteiger partial charge in [0.1, 0.15) is 9.84 Å². The summed E-state index contributed by atoms with van der Waals surface area (Å²) in [7, 11) is -2.88. The summed E-state index contributed by atoms with van der Waals surface area (Å²) >= 11 is 0. The SMILES string of the molecule is CCCNCc1c(C)nn(CCCS(=O)(=O)CC)c1C. The van der Waals surface area contributed by atoms with Gasteiger partial charge in [0.05, 0.1) is 11.4 Å². The Morgan fingerprint density at radius 3 is 2.55 bits per heavy atom. The first-order valence-electron chi connectivity index (χ1n) is 7.35. The van der Waals surface area contributed by atoms with E-state index < -0.39 is 9.84 Å². The Morgan fingerprint density at radius 2 is 1.95 bits per heavy atom. The minimum atomic E-state index is -2.88. The lowest BCUT2D eigenvalue weighted by molar-refractivity contribution is 0.563. The van der Waals surface area contributed by atoms with Gasteiger partial charge in [0.15, 0.2) is 0 Å². The highest BCUT2D eigenvalue weighted by Gasteiger charge is 2.12. The van der Waals surface area contributed by atoms with Crippen LogP contribution >= 0.6 is 0 Å². The summed E-state index contributed by atoms with van der Waals surface area (Å²) in [6.07, 6.45) is 1.74. The molecule has 0 spiro atoms. The summed E-state index contributed by atoms with van der Waals surface area (Å²) in [4.78, 5) is 0. The Labute approximate surface area is 122 Å². The first kappa shape index (κ1) is 17.2. The third-order valence-electron chi connectivity index (χ3n) is 3.52. The van der Waals surface area contributed by atoms with Crippen LogP contribution in [0.5, 0.6) is 0 Å². The molecule has 1 aromatic rings. The van der Waals surface area contributed by atoms with Crippen molar-refractivity contribution >= 4 is 9.84 Å². The van der Waals surface area contributed by atoms with E-state index in [4.69, 9.17) is 0 Å². The van der Waals surface area contributed by atoms with E-state index in [1.807, 2.05) is 11.6 Å². The molecule has 1 N–H and O–H groups in total. The Hall–Kier alpha value is -0.880. The number of hydrogen-bond acceptors (Lipinski definition) is 4. The first-order valence-corrected chi connectivity index (χ1v) is 9.17. The van der Waals surface area contributed by atoms with E-state index in [1.165, 1.54) is 5.56 Å². The fraction of sp³-hybridized carbons (Fsp3) is 0.786. The number of sulfone groups is 1. The number of hydrogen-bond donors (Lipinski definition) is 1. The van der Waals surface area contributed by atoms with Gasteiger partial charge >= 0.3 is 0 Å². The summed E-state index contributed by atoms with van der Waals surface area (Å²) in [5.74, 6) is 0.460. The van der Waals surface area contributed by atoms with Crippen molar-refractivity contribution in [1.29, 1.82) is 0 Å². The second-order valence-corrected chi connectivity index (χ2v) is 7.61. The molecule has 0 atom stereocenters. The lowest BCUT2D eigenvalue weighted by atomic mass is 10.2. The van der Waals surface area contributed by atoms with Crippen molar-refractivity contribution in [2.24, 2.45) is 0 Å². The predicted molar refractivity (Wildman–Crippen MR) is 82.6 cm³/mol. The molecule has 0 bridgehead atoms. The molecule has 5 nitrogen and oxygen atoms in total. The van der Waals surface area contributed by atoms with Crippen LogP contribution < -0.4 is 5.32 Å². The van der Waals surface area contributed by atoms with Gasteiger partial charge in [-0.25, -0.2) is 8.42 Å². The third-order valence-corrected chi connectivity index (χ3v) is 5.32. The van der Waals surface area contributed by atoms with Crippen LogP contribution in [-0.4, -0.2) is 36.2 Å². The highest BCUT2D eigenvalue weighted by atomic mass is 32.2. The molecule has 116 valence electrons. The topological polar surface area (TPSA) is 64.0 Å². The van der Waals surface area contributed by atoms with E-state index in [1.54, 1.807) is 6.92 Å². The standard InChI is InChI=1S/C14H27N3O2S/c1-5-8-15-11-14-12(3)16-17(13(14)4)9-7-10-20(18,19)6-2/h15H,5-11H2,1-4H3. The normalized spacial score (nSPS) is 12.0. The fourth-order valence-electron chi connectivity index (χ4n) is 2.18. The second kappa shape index (κ2) is 7.78. The van der Waals surface area contributed by atoms with Gasteiger partial charge in [-0.05, 0) is 33.2 Å². The largest absolute Gasteiger partial charge is 0.313 e. The average molecular weight is 301 g/mol. The van der Waals surface area contributed by atoms with E-state index in [0.717, 1.165) is 30.9 Å². The van der Waals surface area contributed by atoms with Crippen LogP contribution in [0, 0.1) is 13.8 Å². The Kier molecular flexibility index (Phi) is 6.68. The lowest BCUT2D eigenvalue weighted by Gasteiger charge is -2.06. The third kappa shape index (κ3) is 4.90. The molecule has 0 aromatic carbocycles. The number of aryl methyl sites for hydroxylation is 2. The predicted octanol–water partition coefficient (Wildman–Crippen LogP) is 1.82. The quantitative estimate of drug-likeness (QED) is 0.707. The molecule has 0 radical (unpaired) electrons. The number of aromatic nitrogens is 2. The van der Waals surface area contributed by atoms with Gasteiger partial charge in [-0.2, -0.15) is 5.10 Å². The number of nitrogens with zero attached hydrogens (tertiary/aromatic N) is 2. The molecule has 1 heterocycles. The summed E-state index contributed by atoms with van der Waals surface area (Å²) in [6.45, 7) is 10.4. The highest BCUT2D eigenvalue weighted by molar-refractivity contribution is 7.91. The van der Waals surface area contributed by atoms with Crippen molar-refractivity contribution in [3.8, 4) is 0 Å². The zero-order valence-corrected chi connectivity index (χ0v) is 13.9. The van der Waals surface area contributed by atoms with Crippen molar-refractivity contribution in [1.82, 2.24) is 15.1 Å². The molecule has 0 aliphatic heterocycles. The summed E-state index contributed by atoms with van der Waals surface area (Å²) in [5.41, 5.74) is 3.40. The van der Waals surface area contributed by atoms with Gasteiger partial charge in [0, 0.05) is 30.1 Å². The van der Waals surface area contributed by atoms with Gasteiger partial charge < -0.3 is 5.32 Å². The molecule has 6 heteroatoms. The van der Waals surface area contributed by atoms with Crippen molar-refractivity contribution in [2.45, 2.75) is 53.6 Å². The molecular weight excluding hydrogens is 274 g/mol. The second-order valence-electron chi connectivity index (χ2n) is 5.14. The molecule has 0 amide bonds. The molecule has 0 aliphatic carbocycles. The van der Waals surface area contributed by atoms with E-state index >= 15 is 0 Å². The van der Waals surface area contributed by atoms with Crippen LogP contribution in [0.1, 0.15) is 43.6 Å². The zero-order chi connectivity index (χ0) is 15.2. The monoisotopic (exact) mass is 301 g/mol. The van der Waals surface area contributed by atoms with Crippen molar-refractivity contribution in [2.75, 3.05) is 18.1 Å². The van der Waals surface area contributed by atoms with Gasteiger partial charge in [0.2, 0.25) is 0 Å². The van der Waals surface area contributed by atoms with Crippen LogP contribution in [0.4, 0.5) is 0 Å². The molecular formula is C14H27N3O2S. The Morgan fingerprint density at radius 1 is 1.25 bits per heavy atom. The molecule has 1 aromatic heterocycles. The smallest absolute Gasteiger partial charge is 0.150 e. The van der Waals surface area contributed by atoms with Gasteiger partial charge in [-0.3, -0.25) is 4.68 Å². The Bertz CT molecular complexity index is 521. The minimum Gasteiger partial charge on any atom is -0.313 e. The van der Waals surface area contributed by atoms with E-state index in [9.17, 15) is 8.42 Å². The van der Waals surface area contributed by atoms with Crippen molar-refractivity contribution < 1.29 is 8.42 Å². The van der Waals surface area contributed by atoms with Gasteiger partial charge in [0.25, 0.3) is 0 Å². The first-order chi connectivity index (χ1) is 9.41. The average Bonchev–Trinajstić information content (AvgIpc) is 2.66. The number of nitrogens with one attached hydrogen (secondary N) is 1. The maximum atomic E-state index is 11.5. The maximum absolute atomic E-state index is 11.5. The van der Waals surface area contributed by atoms with E-state index in [0.29, 0.717) is 13.0 Å². The molecule has 0 saturated carbocycles.